The Morgan fingerprint density at radius 2 is 1.40 bits per heavy atom. The summed E-state index contributed by atoms with van der Waals surface area (Å²) in [6, 6.07) is 23.1. The molecule has 2 aliphatic heterocycles. The number of amides is 1. The van der Waals surface area contributed by atoms with Crippen LogP contribution in [0.3, 0.4) is 0 Å². The summed E-state index contributed by atoms with van der Waals surface area (Å²) in [5.74, 6) is 1.41. The summed E-state index contributed by atoms with van der Waals surface area (Å²) in [7, 11) is 0. The predicted octanol–water partition coefficient (Wildman–Crippen LogP) is 3.94. The second kappa shape index (κ2) is 6.89. The number of carbonyl (C=O) groups excluding carboxylic acids is 1. The van der Waals surface area contributed by atoms with Crippen LogP contribution in [0.4, 0.5) is 0 Å². The molecule has 0 radical (unpaired) electrons. The van der Waals surface area contributed by atoms with Crippen molar-refractivity contribution in [1.82, 2.24) is 9.80 Å². The van der Waals surface area contributed by atoms with Crippen molar-refractivity contribution < 1.29 is 14.3 Å². The van der Waals surface area contributed by atoms with E-state index in [1.165, 1.54) is 22.3 Å². The van der Waals surface area contributed by atoms with Gasteiger partial charge in [0, 0.05) is 31.7 Å². The highest BCUT2D eigenvalue weighted by Gasteiger charge is 2.35. The molecule has 150 valence electrons. The minimum absolute atomic E-state index is 0.0557. The normalized spacial score (nSPS) is 17.7. The molecule has 1 saturated heterocycles. The van der Waals surface area contributed by atoms with Crippen LogP contribution in [0.2, 0.25) is 0 Å². The van der Waals surface area contributed by atoms with Gasteiger partial charge in [0.2, 0.25) is 6.79 Å². The van der Waals surface area contributed by atoms with Crippen molar-refractivity contribution in [1.29, 1.82) is 0 Å². The number of piperazine rings is 1. The predicted molar refractivity (Wildman–Crippen MR) is 114 cm³/mol. The van der Waals surface area contributed by atoms with Gasteiger partial charge in [0.1, 0.15) is 0 Å². The summed E-state index contributed by atoms with van der Waals surface area (Å²) >= 11 is 0. The first-order valence-corrected chi connectivity index (χ1v) is 10.4. The molecule has 5 heteroatoms. The van der Waals surface area contributed by atoms with Crippen molar-refractivity contribution in [2.24, 2.45) is 0 Å². The maximum atomic E-state index is 13.0. The molecule has 6 rings (SSSR count). The number of carbonyl (C=O) groups is 1. The zero-order valence-corrected chi connectivity index (χ0v) is 16.6. The van der Waals surface area contributed by atoms with Crippen LogP contribution in [0, 0.1) is 0 Å². The van der Waals surface area contributed by atoms with E-state index >= 15 is 0 Å². The molecule has 0 unspecified atom stereocenters. The lowest BCUT2D eigenvalue weighted by atomic mass is 10.0. The number of nitrogens with zero attached hydrogens (tertiary/aromatic N) is 2. The molecule has 1 amide bonds. The van der Waals surface area contributed by atoms with Crippen molar-refractivity contribution in [3.63, 3.8) is 0 Å². The Bertz CT molecular complexity index is 1090. The van der Waals surface area contributed by atoms with E-state index in [0.29, 0.717) is 30.2 Å². The van der Waals surface area contributed by atoms with Crippen LogP contribution < -0.4 is 9.47 Å². The molecule has 0 aromatic heterocycles. The molecule has 0 N–H and O–H groups in total. The molecule has 3 aliphatic rings. The molecule has 2 heterocycles. The molecule has 3 aromatic carbocycles. The summed E-state index contributed by atoms with van der Waals surface area (Å²) in [6.45, 7) is 3.35. The summed E-state index contributed by atoms with van der Waals surface area (Å²) < 4.78 is 10.8. The smallest absolute Gasteiger partial charge is 0.254 e. The van der Waals surface area contributed by atoms with Crippen LogP contribution in [-0.2, 0) is 0 Å². The van der Waals surface area contributed by atoms with Crippen molar-refractivity contribution >= 4 is 5.91 Å². The Labute approximate surface area is 175 Å². The van der Waals surface area contributed by atoms with Crippen molar-refractivity contribution in [3.8, 4) is 22.6 Å². The number of ether oxygens (including phenoxy) is 2. The van der Waals surface area contributed by atoms with E-state index in [2.05, 4.69) is 53.4 Å². The first kappa shape index (κ1) is 17.5. The fourth-order valence-corrected chi connectivity index (χ4v) is 4.92. The zero-order valence-electron chi connectivity index (χ0n) is 16.6. The third-order valence-electron chi connectivity index (χ3n) is 6.39. The van der Waals surface area contributed by atoms with E-state index in [1.54, 1.807) is 6.07 Å². The lowest BCUT2D eigenvalue weighted by Crippen LogP contribution is -2.49. The molecule has 3 aromatic rings. The zero-order chi connectivity index (χ0) is 20.1. The minimum Gasteiger partial charge on any atom is -0.454 e. The van der Waals surface area contributed by atoms with E-state index in [1.807, 2.05) is 17.0 Å². The number of fused-ring (bicyclic) bond motifs is 4. The maximum absolute atomic E-state index is 13.0. The molecule has 0 spiro atoms. The summed E-state index contributed by atoms with van der Waals surface area (Å²) in [5.41, 5.74) is 6.06. The summed E-state index contributed by atoms with van der Waals surface area (Å²) in [4.78, 5) is 17.5. The molecule has 1 fully saturated rings. The third kappa shape index (κ3) is 2.70. The van der Waals surface area contributed by atoms with Crippen LogP contribution >= 0.6 is 0 Å². The first-order chi connectivity index (χ1) is 14.8. The Morgan fingerprint density at radius 1 is 0.767 bits per heavy atom. The lowest BCUT2D eigenvalue weighted by Gasteiger charge is -2.38. The van der Waals surface area contributed by atoms with Crippen molar-refractivity contribution in [3.05, 3.63) is 83.4 Å². The average Bonchev–Trinajstić information content (AvgIpc) is 3.41. The average molecular weight is 398 g/mol. The second-order valence-corrected chi connectivity index (χ2v) is 7.97. The van der Waals surface area contributed by atoms with Crippen LogP contribution in [0.15, 0.2) is 66.7 Å². The molecular weight excluding hydrogens is 376 g/mol. The largest absolute Gasteiger partial charge is 0.454 e. The topological polar surface area (TPSA) is 42.0 Å². The van der Waals surface area contributed by atoms with Crippen LogP contribution in [0.1, 0.15) is 27.5 Å². The van der Waals surface area contributed by atoms with E-state index in [9.17, 15) is 4.79 Å². The van der Waals surface area contributed by atoms with Gasteiger partial charge in [-0.15, -0.1) is 0 Å². The molecule has 0 saturated carbocycles. The van der Waals surface area contributed by atoms with Gasteiger partial charge in [-0.05, 0) is 40.5 Å². The van der Waals surface area contributed by atoms with Gasteiger partial charge in [-0.3, -0.25) is 9.69 Å². The Morgan fingerprint density at radius 3 is 2.10 bits per heavy atom. The molecular formula is C25H22N2O3. The van der Waals surface area contributed by atoms with E-state index < -0.39 is 0 Å². The Kier molecular flexibility index (Phi) is 4.03. The number of rotatable bonds is 2. The van der Waals surface area contributed by atoms with Crippen LogP contribution in [0.25, 0.3) is 11.1 Å². The van der Waals surface area contributed by atoms with Gasteiger partial charge in [-0.1, -0.05) is 48.5 Å². The Hall–Kier alpha value is -3.31. The monoisotopic (exact) mass is 398 g/mol. The van der Waals surface area contributed by atoms with Crippen molar-refractivity contribution in [2.75, 3.05) is 33.0 Å². The molecule has 0 atom stereocenters. The third-order valence-corrected chi connectivity index (χ3v) is 6.39. The maximum Gasteiger partial charge on any atom is 0.254 e. The van der Waals surface area contributed by atoms with Gasteiger partial charge < -0.3 is 14.4 Å². The molecule has 1 aliphatic carbocycles. The van der Waals surface area contributed by atoms with E-state index in [-0.39, 0.29) is 18.7 Å². The van der Waals surface area contributed by atoms with Gasteiger partial charge >= 0.3 is 0 Å². The van der Waals surface area contributed by atoms with Gasteiger partial charge in [-0.2, -0.15) is 0 Å². The number of hydrogen-bond acceptors (Lipinski definition) is 4. The van der Waals surface area contributed by atoms with Crippen molar-refractivity contribution in [2.45, 2.75) is 6.04 Å². The number of benzene rings is 3. The molecule has 0 bridgehead atoms. The van der Waals surface area contributed by atoms with Gasteiger partial charge in [0.05, 0.1) is 6.04 Å². The lowest BCUT2D eigenvalue weighted by molar-refractivity contribution is 0.0599. The van der Waals surface area contributed by atoms with E-state index in [0.717, 1.165) is 13.1 Å². The van der Waals surface area contributed by atoms with Gasteiger partial charge in [0.15, 0.2) is 11.5 Å². The van der Waals surface area contributed by atoms with Crippen LogP contribution in [-0.4, -0.2) is 48.7 Å². The standard InChI is InChI=1S/C25H22N2O3/c28-25(17-9-10-22-23(15-17)30-16-29-22)27-13-11-26(12-14-27)24-20-7-3-1-5-18(20)19-6-2-4-8-21(19)24/h1-10,15,24H,11-14,16H2. The minimum atomic E-state index is 0.0557. The Balaban J connectivity index is 1.21. The fourth-order valence-electron chi connectivity index (χ4n) is 4.92. The quantitative estimate of drug-likeness (QED) is 0.656. The van der Waals surface area contributed by atoms with Crippen LogP contribution in [0.5, 0.6) is 11.5 Å². The summed E-state index contributed by atoms with van der Waals surface area (Å²) in [5, 5.41) is 0. The molecule has 5 nitrogen and oxygen atoms in total. The SMILES string of the molecule is O=C(c1ccc2c(c1)OCO2)N1CCN(C2c3ccccc3-c3ccccc32)CC1. The highest BCUT2D eigenvalue weighted by molar-refractivity contribution is 5.95. The first-order valence-electron chi connectivity index (χ1n) is 10.4. The molecule has 30 heavy (non-hydrogen) atoms. The van der Waals surface area contributed by atoms with Gasteiger partial charge in [-0.25, -0.2) is 0 Å². The second-order valence-electron chi connectivity index (χ2n) is 7.97. The van der Waals surface area contributed by atoms with E-state index in [4.69, 9.17) is 9.47 Å². The van der Waals surface area contributed by atoms with Gasteiger partial charge in [0.25, 0.3) is 5.91 Å². The summed E-state index contributed by atoms with van der Waals surface area (Å²) in [6.07, 6.45) is 0. The fraction of sp³-hybridized carbons (Fsp3) is 0.240. The number of hydrogen-bond donors (Lipinski definition) is 0. The highest BCUT2D eigenvalue weighted by Crippen LogP contribution is 2.46. The highest BCUT2D eigenvalue weighted by atomic mass is 16.7.